The molecule has 0 atom stereocenters. The Morgan fingerprint density at radius 2 is 2.00 bits per heavy atom. The van der Waals surface area contributed by atoms with Crippen LogP contribution in [0.5, 0.6) is 5.75 Å². The SMILES string of the molecule is CCc1ccc2oc(-c3ccc(NC(=S)NC(=O)c4cc(I)ccc4Cl)cc3O)nc2c1. The Labute approximate surface area is 208 Å². The molecule has 4 rings (SSSR count). The molecule has 1 amide bonds. The van der Waals surface area contributed by atoms with Crippen LogP contribution < -0.4 is 10.6 Å². The number of nitrogens with zero attached hydrogens (tertiary/aromatic N) is 1. The van der Waals surface area contributed by atoms with Crippen LogP contribution in [-0.2, 0) is 6.42 Å². The molecule has 0 aliphatic carbocycles. The van der Waals surface area contributed by atoms with E-state index in [0.29, 0.717) is 33.3 Å². The molecule has 9 heteroatoms. The molecule has 0 spiro atoms. The Kier molecular flexibility index (Phi) is 6.63. The number of amides is 1. The highest BCUT2D eigenvalue weighted by Crippen LogP contribution is 2.33. The first-order valence-corrected chi connectivity index (χ1v) is 11.5. The van der Waals surface area contributed by atoms with Gasteiger partial charge < -0.3 is 14.8 Å². The lowest BCUT2D eigenvalue weighted by molar-refractivity contribution is 0.0978. The van der Waals surface area contributed by atoms with Crippen molar-refractivity contribution in [2.45, 2.75) is 13.3 Å². The number of nitrogens with one attached hydrogen (secondary N) is 2. The predicted octanol–water partition coefficient (Wildman–Crippen LogP) is 6.15. The Balaban J connectivity index is 1.49. The summed E-state index contributed by atoms with van der Waals surface area (Å²) in [6.07, 6.45) is 0.899. The van der Waals surface area contributed by atoms with Crippen molar-refractivity contribution in [1.82, 2.24) is 10.3 Å². The van der Waals surface area contributed by atoms with Gasteiger partial charge in [0.25, 0.3) is 5.91 Å². The van der Waals surface area contributed by atoms with E-state index in [1.165, 1.54) is 6.07 Å². The molecule has 0 saturated heterocycles. The minimum Gasteiger partial charge on any atom is -0.507 e. The molecule has 32 heavy (non-hydrogen) atoms. The molecule has 3 N–H and O–H groups in total. The highest BCUT2D eigenvalue weighted by Gasteiger charge is 2.15. The third-order valence-electron chi connectivity index (χ3n) is 4.75. The summed E-state index contributed by atoms with van der Waals surface area (Å²) in [5, 5.41) is 16.4. The van der Waals surface area contributed by atoms with Crippen LogP contribution in [0.2, 0.25) is 5.02 Å². The van der Waals surface area contributed by atoms with Crippen molar-refractivity contribution < 1.29 is 14.3 Å². The van der Waals surface area contributed by atoms with E-state index >= 15 is 0 Å². The number of halogens is 2. The number of benzene rings is 3. The monoisotopic (exact) mass is 577 g/mol. The maximum Gasteiger partial charge on any atom is 0.258 e. The number of carbonyl (C=O) groups excluding carboxylic acids is 1. The van der Waals surface area contributed by atoms with Gasteiger partial charge in [-0.2, -0.15) is 0 Å². The van der Waals surface area contributed by atoms with Gasteiger partial charge in [0.1, 0.15) is 11.3 Å². The second kappa shape index (κ2) is 9.43. The zero-order valence-corrected chi connectivity index (χ0v) is 20.5. The second-order valence-corrected chi connectivity index (χ2v) is 9.00. The standard InChI is InChI=1S/C23H17ClIN3O3S/c1-2-12-3-8-20-18(9-12)27-22(31-20)15-6-5-14(11-19(15)29)26-23(32)28-21(30)16-10-13(25)4-7-17(16)24/h3-11,29H,2H2,1H3,(H2,26,28,30,32). The summed E-state index contributed by atoms with van der Waals surface area (Å²) in [5.41, 5.74) is 3.81. The van der Waals surface area contributed by atoms with Crippen LogP contribution in [0.4, 0.5) is 5.69 Å². The van der Waals surface area contributed by atoms with E-state index in [0.717, 1.165) is 21.1 Å². The number of aryl methyl sites for hydroxylation is 1. The van der Waals surface area contributed by atoms with Crippen LogP contribution in [0.3, 0.4) is 0 Å². The van der Waals surface area contributed by atoms with E-state index in [9.17, 15) is 9.90 Å². The summed E-state index contributed by atoms with van der Waals surface area (Å²) in [7, 11) is 0. The highest BCUT2D eigenvalue weighted by atomic mass is 127. The van der Waals surface area contributed by atoms with Crippen LogP contribution in [0.1, 0.15) is 22.8 Å². The summed E-state index contributed by atoms with van der Waals surface area (Å²) in [6.45, 7) is 2.07. The number of carbonyl (C=O) groups is 1. The molecule has 1 aromatic heterocycles. The summed E-state index contributed by atoms with van der Waals surface area (Å²) >= 11 is 13.4. The van der Waals surface area contributed by atoms with Gasteiger partial charge in [0, 0.05) is 15.3 Å². The fourth-order valence-corrected chi connectivity index (χ4v) is 4.01. The molecule has 0 aliphatic rings. The van der Waals surface area contributed by atoms with Gasteiger partial charge in [-0.15, -0.1) is 0 Å². The van der Waals surface area contributed by atoms with E-state index in [1.807, 2.05) is 18.2 Å². The van der Waals surface area contributed by atoms with E-state index < -0.39 is 5.91 Å². The number of aromatic nitrogens is 1. The lowest BCUT2D eigenvalue weighted by Gasteiger charge is -2.11. The minimum absolute atomic E-state index is 0.0351. The first-order chi connectivity index (χ1) is 15.3. The van der Waals surface area contributed by atoms with Gasteiger partial charge in [-0.3, -0.25) is 10.1 Å². The molecule has 0 bridgehead atoms. The number of rotatable bonds is 4. The zero-order chi connectivity index (χ0) is 22.8. The Bertz CT molecular complexity index is 1360. The van der Waals surface area contributed by atoms with Crippen molar-refractivity contribution in [3.8, 4) is 17.2 Å². The quantitative estimate of drug-likeness (QED) is 0.199. The van der Waals surface area contributed by atoms with Crippen molar-refractivity contribution in [2.75, 3.05) is 5.32 Å². The molecule has 0 aliphatic heterocycles. The largest absolute Gasteiger partial charge is 0.507 e. The number of hydrogen-bond donors (Lipinski definition) is 3. The molecular formula is C23H17ClIN3O3S. The molecular weight excluding hydrogens is 561 g/mol. The lowest BCUT2D eigenvalue weighted by atomic mass is 10.1. The maximum atomic E-state index is 12.5. The molecule has 0 radical (unpaired) electrons. The topological polar surface area (TPSA) is 87.4 Å². The maximum absolute atomic E-state index is 12.5. The first-order valence-electron chi connectivity index (χ1n) is 9.64. The molecule has 4 aromatic rings. The number of oxazole rings is 1. The average Bonchev–Trinajstić information content (AvgIpc) is 3.18. The van der Waals surface area contributed by atoms with Gasteiger partial charge in [-0.25, -0.2) is 4.98 Å². The van der Waals surface area contributed by atoms with E-state index in [1.54, 1.807) is 30.3 Å². The summed E-state index contributed by atoms with van der Waals surface area (Å²) in [6, 6.07) is 15.8. The Hall–Kier alpha value is -2.69. The van der Waals surface area contributed by atoms with Gasteiger partial charge in [0.15, 0.2) is 10.7 Å². The normalized spacial score (nSPS) is 10.8. The zero-order valence-electron chi connectivity index (χ0n) is 16.8. The summed E-state index contributed by atoms with van der Waals surface area (Å²) < 4.78 is 6.67. The average molecular weight is 578 g/mol. The van der Waals surface area contributed by atoms with Gasteiger partial charge in [0.05, 0.1) is 16.1 Å². The number of anilines is 1. The molecule has 3 aromatic carbocycles. The van der Waals surface area contributed by atoms with Crippen molar-refractivity contribution in [3.63, 3.8) is 0 Å². The van der Waals surface area contributed by atoms with E-state index in [4.69, 9.17) is 28.2 Å². The van der Waals surface area contributed by atoms with Gasteiger partial charge in [-0.1, -0.05) is 24.6 Å². The third-order valence-corrected chi connectivity index (χ3v) is 5.95. The molecule has 0 fully saturated rings. The molecule has 6 nitrogen and oxygen atoms in total. The van der Waals surface area contributed by atoms with Crippen molar-refractivity contribution in [3.05, 3.63) is 74.3 Å². The summed E-state index contributed by atoms with van der Waals surface area (Å²) in [5.74, 6) is -0.140. The number of thiocarbonyl (C=S) groups is 1. The molecule has 0 unspecified atom stereocenters. The highest BCUT2D eigenvalue weighted by molar-refractivity contribution is 14.1. The summed E-state index contributed by atoms with van der Waals surface area (Å²) in [4.78, 5) is 16.9. The van der Waals surface area contributed by atoms with E-state index in [-0.39, 0.29) is 10.9 Å². The molecule has 162 valence electrons. The van der Waals surface area contributed by atoms with Crippen molar-refractivity contribution >= 4 is 74.2 Å². The fourth-order valence-electron chi connectivity index (χ4n) is 3.10. The van der Waals surface area contributed by atoms with Gasteiger partial charge in [0.2, 0.25) is 5.89 Å². The second-order valence-electron chi connectivity index (χ2n) is 6.94. The number of phenols is 1. The van der Waals surface area contributed by atoms with E-state index in [2.05, 4.69) is 45.1 Å². The van der Waals surface area contributed by atoms with Crippen molar-refractivity contribution in [1.29, 1.82) is 0 Å². The van der Waals surface area contributed by atoms with Crippen molar-refractivity contribution in [2.24, 2.45) is 0 Å². The lowest BCUT2D eigenvalue weighted by Crippen LogP contribution is -2.34. The smallest absolute Gasteiger partial charge is 0.258 e. The third kappa shape index (κ3) is 4.87. The van der Waals surface area contributed by atoms with Crippen LogP contribution in [-0.4, -0.2) is 21.1 Å². The van der Waals surface area contributed by atoms with Gasteiger partial charge >= 0.3 is 0 Å². The fraction of sp³-hybridized carbons (Fsp3) is 0.0870. The Morgan fingerprint density at radius 3 is 2.75 bits per heavy atom. The Morgan fingerprint density at radius 1 is 1.19 bits per heavy atom. The van der Waals surface area contributed by atoms with Crippen LogP contribution in [0.15, 0.2) is 59.0 Å². The number of phenolic OH excluding ortho intramolecular Hbond substituents is 1. The number of aromatic hydroxyl groups is 1. The number of fused-ring (bicyclic) bond motifs is 1. The minimum atomic E-state index is -0.426. The molecule has 1 heterocycles. The van der Waals surface area contributed by atoms with Crippen LogP contribution in [0, 0.1) is 3.57 Å². The first kappa shape index (κ1) is 22.5. The van der Waals surface area contributed by atoms with Crippen LogP contribution >= 0.6 is 46.4 Å². The molecule has 0 saturated carbocycles. The van der Waals surface area contributed by atoms with Gasteiger partial charge in [-0.05, 0) is 89.3 Å². The van der Waals surface area contributed by atoms with Crippen LogP contribution in [0.25, 0.3) is 22.6 Å². The number of hydrogen-bond acceptors (Lipinski definition) is 5. The predicted molar refractivity (Wildman–Crippen MR) is 138 cm³/mol.